The molecule has 1 aromatic carbocycles. The average molecular weight is 175 g/mol. The number of anilines is 2. The van der Waals surface area contributed by atoms with E-state index in [9.17, 15) is 4.79 Å². The Kier molecular flexibility index (Phi) is 1.73. The summed E-state index contributed by atoms with van der Waals surface area (Å²) in [5.74, 6) is -0.0436. The topological polar surface area (TPSA) is 58.7 Å². The van der Waals surface area contributed by atoms with Crippen molar-refractivity contribution in [3.05, 3.63) is 24.3 Å². The first-order valence-electron chi connectivity index (χ1n) is 3.99. The minimum atomic E-state index is -0.0436. The van der Waals surface area contributed by atoms with Gasteiger partial charge in [-0.25, -0.2) is 0 Å². The third-order valence-corrected chi connectivity index (χ3v) is 1.86. The van der Waals surface area contributed by atoms with Crippen molar-refractivity contribution in [1.82, 2.24) is 0 Å². The summed E-state index contributed by atoms with van der Waals surface area (Å²) in [6.07, 6.45) is 1.93. The van der Waals surface area contributed by atoms with E-state index in [2.05, 4.69) is 5.10 Å². The number of nitrogen functional groups attached to an aromatic ring is 1. The van der Waals surface area contributed by atoms with E-state index in [-0.39, 0.29) is 5.91 Å². The number of rotatable bonds is 1. The summed E-state index contributed by atoms with van der Waals surface area (Å²) in [5, 5.41) is 5.26. The molecule has 66 valence electrons. The van der Waals surface area contributed by atoms with Gasteiger partial charge in [0.1, 0.15) is 0 Å². The first-order valence-corrected chi connectivity index (χ1v) is 3.99. The van der Waals surface area contributed by atoms with Crippen LogP contribution < -0.4 is 10.7 Å². The van der Waals surface area contributed by atoms with E-state index in [1.54, 1.807) is 18.3 Å². The van der Waals surface area contributed by atoms with Crippen LogP contribution >= 0.6 is 0 Å². The largest absolute Gasteiger partial charge is 0.397 e. The highest BCUT2D eigenvalue weighted by atomic mass is 16.2. The Hall–Kier alpha value is -1.84. The summed E-state index contributed by atoms with van der Waals surface area (Å²) in [7, 11) is 0. The number of carbonyl (C=O) groups is 1. The van der Waals surface area contributed by atoms with Gasteiger partial charge in [0.2, 0.25) is 0 Å². The van der Waals surface area contributed by atoms with Crippen LogP contribution in [0.2, 0.25) is 0 Å². The number of carbonyl (C=O) groups excluding carboxylic acids is 1. The zero-order valence-electron chi connectivity index (χ0n) is 6.97. The average Bonchev–Trinajstić information content (AvgIpc) is 2.52. The van der Waals surface area contributed by atoms with E-state index in [4.69, 9.17) is 5.73 Å². The van der Waals surface area contributed by atoms with E-state index in [0.29, 0.717) is 17.8 Å². The molecule has 2 N–H and O–H groups in total. The van der Waals surface area contributed by atoms with Crippen molar-refractivity contribution in [1.29, 1.82) is 0 Å². The number of nitrogens with zero attached hydrogens (tertiary/aromatic N) is 2. The quantitative estimate of drug-likeness (QED) is 0.647. The molecule has 13 heavy (non-hydrogen) atoms. The van der Waals surface area contributed by atoms with Gasteiger partial charge in [0.25, 0.3) is 5.91 Å². The lowest BCUT2D eigenvalue weighted by atomic mass is 10.2. The molecule has 0 atom stereocenters. The first kappa shape index (κ1) is 7.79. The zero-order valence-corrected chi connectivity index (χ0v) is 6.97. The second-order valence-electron chi connectivity index (χ2n) is 2.77. The number of hydrazone groups is 1. The maximum absolute atomic E-state index is 11.3. The van der Waals surface area contributed by atoms with E-state index < -0.39 is 0 Å². The van der Waals surface area contributed by atoms with Crippen LogP contribution in [0.1, 0.15) is 6.42 Å². The number of hydrogen-bond acceptors (Lipinski definition) is 3. The molecular weight excluding hydrogens is 166 g/mol. The standard InChI is InChI=1S/C9H9N3O/c10-7-3-1-2-4-8(7)12-9(13)5-6-11-12/h1-4,6H,5,10H2. The van der Waals surface area contributed by atoms with Gasteiger partial charge in [-0.15, -0.1) is 0 Å². The van der Waals surface area contributed by atoms with Gasteiger partial charge < -0.3 is 5.73 Å². The van der Waals surface area contributed by atoms with Crippen molar-refractivity contribution in [3.8, 4) is 0 Å². The van der Waals surface area contributed by atoms with Crippen LogP contribution in [0.25, 0.3) is 0 Å². The molecule has 1 aliphatic rings. The molecule has 2 rings (SSSR count). The summed E-state index contributed by atoms with van der Waals surface area (Å²) >= 11 is 0. The minimum absolute atomic E-state index is 0.0436. The number of nitrogens with two attached hydrogens (primary N) is 1. The second-order valence-corrected chi connectivity index (χ2v) is 2.77. The molecule has 0 saturated carbocycles. The molecule has 0 bridgehead atoms. The van der Waals surface area contributed by atoms with Gasteiger partial charge in [0.15, 0.2) is 0 Å². The number of benzene rings is 1. The van der Waals surface area contributed by atoms with Crippen LogP contribution in [0.3, 0.4) is 0 Å². The van der Waals surface area contributed by atoms with E-state index >= 15 is 0 Å². The molecule has 0 radical (unpaired) electrons. The van der Waals surface area contributed by atoms with Crippen LogP contribution in [0.15, 0.2) is 29.4 Å². The third-order valence-electron chi connectivity index (χ3n) is 1.86. The van der Waals surface area contributed by atoms with Crippen LogP contribution in [0, 0.1) is 0 Å². The Balaban J connectivity index is 2.40. The van der Waals surface area contributed by atoms with Gasteiger partial charge in [-0.1, -0.05) is 12.1 Å². The van der Waals surface area contributed by atoms with E-state index in [1.807, 2.05) is 12.1 Å². The van der Waals surface area contributed by atoms with Crippen molar-refractivity contribution in [2.45, 2.75) is 6.42 Å². The van der Waals surface area contributed by atoms with Crippen LogP contribution in [0.4, 0.5) is 11.4 Å². The Morgan fingerprint density at radius 2 is 2.15 bits per heavy atom. The minimum Gasteiger partial charge on any atom is -0.397 e. The Morgan fingerprint density at radius 1 is 1.38 bits per heavy atom. The zero-order chi connectivity index (χ0) is 9.26. The summed E-state index contributed by atoms with van der Waals surface area (Å²) in [6, 6.07) is 7.17. The van der Waals surface area contributed by atoms with Gasteiger partial charge in [0.05, 0.1) is 17.8 Å². The van der Waals surface area contributed by atoms with Crippen molar-refractivity contribution in [2.75, 3.05) is 10.7 Å². The highest BCUT2D eigenvalue weighted by molar-refractivity contribution is 6.06. The van der Waals surface area contributed by atoms with Gasteiger partial charge in [-0.05, 0) is 12.1 Å². The lowest BCUT2D eigenvalue weighted by Crippen LogP contribution is -2.20. The van der Waals surface area contributed by atoms with Crippen LogP contribution in [-0.4, -0.2) is 12.1 Å². The predicted molar refractivity (Wildman–Crippen MR) is 51.4 cm³/mol. The molecule has 0 fully saturated rings. The van der Waals surface area contributed by atoms with Crippen molar-refractivity contribution in [3.63, 3.8) is 0 Å². The molecular formula is C9H9N3O. The second kappa shape index (κ2) is 2.90. The molecule has 0 spiro atoms. The molecule has 4 heteroatoms. The van der Waals surface area contributed by atoms with Crippen molar-refractivity contribution in [2.24, 2.45) is 5.10 Å². The van der Waals surface area contributed by atoms with E-state index in [1.165, 1.54) is 5.01 Å². The Labute approximate surface area is 75.6 Å². The molecule has 0 saturated heterocycles. The highest BCUT2D eigenvalue weighted by Crippen LogP contribution is 2.24. The summed E-state index contributed by atoms with van der Waals surface area (Å²) < 4.78 is 0. The van der Waals surface area contributed by atoms with Crippen LogP contribution in [0.5, 0.6) is 0 Å². The normalized spacial score (nSPS) is 15.4. The number of hydrogen-bond donors (Lipinski definition) is 1. The van der Waals surface area contributed by atoms with Gasteiger partial charge >= 0.3 is 0 Å². The third kappa shape index (κ3) is 1.26. The number of amides is 1. The van der Waals surface area contributed by atoms with Gasteiger partial charge in [-0.2, -0.15) is 10.1 Å². The van der Waals surface area contributed by atoms with Crippen molar-refractivity contribution < 1.29 is 4.79 Å². The smallest absolute Gasteiger partial charge is 0.252 e. The lowest BCUT2D eigenvalue weighted by Gasteiger charge is -2.13. The molecule has 1 heterocycles. The highest BCUT2D eigenvalue weighted by Gasteiger charge is 2.19. The fraction of sp³-hybridized carbons (Fsp3) is 0.111. The van der Waals surface area contributed by atoms with Crippen molar-refractivity contribution >= 4 is 23.5 Å². The fourth-order valence-corrected chi connectivity index (χ4v) is 1.23. The molecule has 1 amide bonds. The first-order chi connectivity index (χ1) is 6.29. The maximum Gasteiger partial charge on any atom is 0.252 e. The predicted octanol–water partition coefficient (Wildman–Crippen LogP) is 0.991. The Bertz CT molecular complexity index is 373. The van der Waals surface area contributed by atoms with Crippen LogP contribution in [-0.2, 0) is 4.79 Å². The molecule has 0 aliphatic carbocycles. The molecule has 4 nitrogen and oxygen atoms in total. The number of para-hydroxylation sites is 2. The van der Waals surface area contributed by atoms with Gasteiger partial charge in [-0.3, -0.25) is 4.79 Å². The summed E-state index contributed by atoms with van der Waals surface area (Å²) in [6.45, 7) is 0. The molecule has 1 aromatic rings. The molecule has 0 aromatic heterocycles. The fourth-order valence-electron chi connectivity index (χ4n) is 1.23. The SMILES string of the molecule is Nc1ccccc1N1N=CCC1=O. The Morgan fingerprint density at radius 3 is 2.77 bits per heavy atom. The van der Waals surface area contributed by atoms with E-state index in [0.717, 1.165) is 0 Å². The summed E-state index contributed by atoms with van der Waals surface area (Å²) in [5.41, 5.74) is 6.91. The molecule has 1 aliphatic heterocycles. The monoisotopic (exact) mass is 175 g/mol. The molecule has 0 unspecified atom stereocenters. The lowest BCUT2D eigenvalue weighted by molar-refractivity contribution is -0.116. The maximum atomic E-state index is 11.3. The summed E-state index contributed by atoms with van der Waals surface area (Å²) in [4.78, 5) is 11.3. The van der Waals surface area contributed by atoms with Gasteiger partial charge in [0, 0.05) is 6.21 Å².